The number of quaternary nitrogens is 1. The van der Waals surface area contributed by atoms with Gasteiger partial charge >= 0.3 is 0 Å². The van der Waals surface area contributed by atoms with Gasteiger partial charge in [-0.25, -0.2) is 0 Å². The van der Waals surface area contributed by atoms with Crippen LogP contribution < -0.4 is 14.7 Å². The number of halogens is 1. The van der Waals surface area contributed by atoms with E-state index in [4.69, 9.17) is 11.6 Å². The monoisotopic (exact) mass is 415 g/mol. The minimum atomic E-state index is 0.248. The third-order valence-corrected chi connectivity index (χ3v) is 5.85. The Hall–Kier alpha value is -2.24. The van der Waals surface area contributed by atoms with E-state index < -0.39 is 0 Å². The van der Waals surface area contributed by atoms with Crippen LogP contribution in [-0.4, -0.2) is 64.2 Å². The number of nitrogens with zero attached hydrogens (tertiary/aromatic N) is 3. The Kier molecular flexibility index (Phi) is 7.40. The van der Waals surface area contributed by atoms with Crippen LogP contribution in [0, 0.1) is 0 Å². The summed E-state index contributed by atoms with van der Waals surface area (Å²) < 4.78 is 0. The fourth-order valence-corrected chi connectivity index (χ4v) is 3.91. The predicted octanol–water partition coefficient (Wildman–Crippen LogP) is 2.16. The topological polar surface area (TPSA) is 31.2 Å². The maximum atomic E-state index is 12.9. The Morgan fingerprint density at radius 1 is 1.07 bits per heavy atom. The van der Waals surface area contributed by atoms with Gasteiger partial charge in [-0.1, -0.05) is 29.8 Å². The summed E-state index contributed by atoms with van der Waals surface area (Å²) in [5.74, 6) is 0.248. The van der Waals surface area contributed by atoms with Crippen molar-refractivity contribution in [2.75, 3.05) is 63.2 Å². The first-order valence-electron chi connectivity index (χ1n) is 10.3. The van der Waals surface area contributed by atoms with Gasteiger partial charge in [0, 0.05) is 62.2 Å². The molecule has 29 heavy (non-hydrogen) atoms. The van der Waals surface area contributed by atoms with Crippen LogP contribution in [0.5, 0.6) is 0 Å². The highest BCUT2D eigenvalue weighted by Gasteiger charge is 2.24. The van der Waals surface area contributed by atoms with E-state index in [0.717, 1.165) is 50.0 Å². The minimum Gasteiger partial charge on any atom is -0.378 e. The molecule has 156 valence electrons. The van der Waals surface area contributed by atoms with Gasteiger partial charge in [-0.3, -0.25) is 4.79 Å². The molecule has 1 atom stereocenters. The van der Waals surface area contributed by atoms with Crippen molar-refractivity contribution in [3.8, 4) is 0 Å². The predicted molar refractivity (Wildman–Crippen MR) is 121 cm³/mol. The van der Waals surface area contributed by atoms with Gasteiger partial charge in [0.1, 0.15) is 6.54 Å². The van der Waals surface area contributed by atoms with Gasteiger partial charge in [0.2, 0.25) is 0 Å². The molecule has 2 aromatic carbocycles. The van der Waals surface area contributed by atoms with E-state index in [1.165, 1.54) is 16.2 Å². The van der Waals surface area contributed by atoms with Gasteiger partial charge in [0.05, 0.1) is 6.54 Å². The molecule has 1 saturated heterocycles. The maximum Gasteiger partial charge on any atom is 0.277 e. The standard InChI is InChI=1S/C23H31ClN4O/c1-4-26(17-19-8-10-21(11-9-19)25(2)3)18-23(29)28-14-12-27(13-15-28)22-7-5-6-20(24)16-22/h5-11,16H,4,12-15,17-18H2,1-3H3/p+1. The Labute approximate surface area is 179 Å². The highest BCUT2D eigenvalue weighted by Crippen LogP contribution is 2.20. The van der Waals surface area contributed by atoms with Gasteiger partial charge in [0.15, 0.2) is 6.54 Å². The Morgan fingerprint density at radius 2 is 1.76 bits per heavy atom. The lowest BCUT2D eigenvalue weighted by atomic mass is 10.2. The highest BCUT2D eigenvalue weighted by molar-refractivity contribution is 6.30. The summed E-state index contributed by atoms with van der Waals surface area (Å²) in [5.41, 5.74) is 3.60. The second-order valence-corrected chi connectivity index (χ2v) is 8.30. The Balaban J connectivity index is 1.51. The molecule has 1 unspecified atom stereocenters. The highest BCUT2D eigenvalue weighted by atomic mass is 35.5. The van der Waals surface area contributed by atoms with Crippen molar-refractivity contribution in [3.05, 3.63) is 59.1 Å². The first-order chi connectivity index (χ1) is 14.0. The van der Waals surface area contributed by atoms with Gasteiger partial charge in [-0.05, 0) is 37.3 Å². The molecule has 0 saturated carbocycles. The third-order valence-electron chi connectivity index (χ3n) is 5.61. The molecule has 1 fully saturated rings. The van der Waals surface area contributed by atoms with Crippen molar-refractivity contribution >= 4 is 28.9 Å². The zero-order valence-corrected chi connectivity index (χ0v) is 18.5. The van der Waals surface area contributed by atoms with E-state index >= 15 is 0 Å². The van der Waals surface area contributed by atoms with E-state index in [1.54, 1.807) is 0 Å². The van der Waals surface area contributed by atoms with Crippen molar-refractivity contribution in [1.29, 1.82) is 0 Å². The molecule has 0 aromatic heterocycles. The molecule has 1 heterocycles. The first kappa shape index (κ1) is 21.5. The summed E-state index contributed by atoms with van der Waals surface area (Å²) in [6.07, 6.45) is 0. The van der Waals surface area contributed by atoms with E-state index in [2.05, 4.69) is 47.1 Å². The number of amides is 1. The summed E-state index contributed by atoms with van der Waals surface area (Å²) in [6.45, 7) is 7.72. The molecule has 0 radical (unpaired) electrons. The normalized spacial score (nSPS) is 15.3. The van der Waals surface area contributed by atoms with Crippen LogP contribution in [0.1, 0.15) is 12.5 Å². The lowest BCUT2D eigenvalue weighted by Gasteiger charge is -2.36. The molecule has 6 heteroatoms. The van der Waals surface area contributed by atoms with Crippen LogP contribution in [0.4, 0.5) is 11.4 Å². The number of benzene rings is 2. The second-order valence-electron chi connectivity index (χ2n) is 7.87. The first-order valence-corrected chi connectivity index (χ1v) is 10.7. The lowest BCUT2D eigenvalue weighted by Crippen LogP contribution is -3.11. The number of piperazine rings is 1. The molecule has 1 aliphatic heterocycles. The molecule has 0 aliphatic carbocycles. The summed E-state index contributed by atoms with van der Waals surface area (Å²) >= 11 is 6.11. The summed E-state index contributed by atoms with van der Waals surface area (Å²) in [4.78, 5) is 20.6. The number of carbonyl (C=O) groups is 1. The fourth-order valence-electron chi connectivity index (χ4n) is 3.73. The molecular formula is C23H32ClN4O+. The number of likely N-dealkylation sites (N-methyl/N-ethyl adjacent to an activating group) is 1. The zero-order chi connectivity index (χ0) is 20.8. The van der Waals surface area contributed by atoms with Gasteiger partial charge < -0.3 is 19.6 Å². The summed E-state index contributed by atoms with van der Waals surface area (Å²) in [7, 11) is 4.09. The van der Waals surface area contributed by atoms with Crippen LogP contribution in [0.3, 0.4) is 0 Å². The largest absolute Gasteiger partial charge is 0.378 e. The molecule has 0 bridgehead atoms. The number of anilines is 2. The van der Waals surface area contributed by atoms with E-state index in [0.29, 0.717) is 6.54 Å². The van der Waals surface area contributed by atoms with Crippen LogP contribution in [-0.2, 0) is 11.3 Å². The smallest absolute Gasteiger partial charge is 0.277 e. The molecule has 3 rings (SSSR count). The molecule has 1 aliphatic rings. The van der Waals surface area contributed by atoms with Crippen molar-refractivity contribution in [1.82, 2.24) is 4.90 Å². The van der Waals surface area contributed by atoms with E-state index in [1.807, 2.05) is 37.2 Å². The SMILES string of the molecule is CC[NH+](CC(=O)N1CCN(c2cccc(Cl)c2)CC1)Cc1ccc(N(C)C)cc1. The summed E-state index contributed by atoms with van der Waals surface area (Å²) in [5, 5.41) is 0.752. The molecule has 5 nitrogen and oxygen atoms in total. The van der Waals surface area contributed by atoms with Gasteiger partial charge in [-0.2, -0.15) is 0 Å². The van der Waals surface area contributed by atoms with Crippen molar-refractivity contribution < 1.29 is 9.69 Å². The number of nitrogens with one attached hydrogen (secondary N) is 1. The molecule has 0 spiro atoms. The molecule has 1 N–H and O–H groups in total. The van der Waals surface area contributed by atoms with Crippen molar-refractivity contribution in [2.45, 2.75) is 13.5 Å². The number of rotatable bonds is 7. The second kappa shape index (κ2) is 9.99. The van der Waals surface area contributed by atoms with Crippen LogP contribution in [0.2, 0.25) is 5.02 Å². The Morgan fingerprint density at radius 3 is 2.34 bits per heavy atom. The zero-order valence-electron chi connectivity index (χ0n) is 17.7. The molecular weight excluding hydrogens is 384 g/mol. The maximum absolute atomic E-state index is 12.9. The van der Waals surface area contributed by atoms with Gasteiger partial charge in [-0.15, -0.1) is 0 Å². The lowest BCUT2D eigenvalue weighted by molar-refractivity contribution is -0.904. The summed E-state index contributed by atoms with van der Waals surface area (Å²) in [6, 6.07) is 16.5. The molecule has 1 amide bonds. The van der Waals surface area contributed by atoms with Gasteiger partial charge in [0.25, 0.3) is 5.91 Å². The minimum absolute atomic E-state index is 0.248. The average Bonchev–Trinajstić information content (AvgIpc) is 2.73. The van der Waals surface area contributed by atoms with E-state index in [9.17, 15) is 4.79 Å². The van der Waals surface area contributed by atoms with Crippen LogP contribution >= 0.6 is 11.6 Å². The fraction of sp³-hybridized carbons (Fsp3) is 0.435. The average molecular weight is 416 g/mol. The van der Waals surface area contributed by atoms with Crippen molar-refractivity contribution in [3.63, 3.8) is 0 Å². The Bertz CT molecular complexity index is 801. The van der Waals surface area contributed by atoms with Crippen molar-refractivity contribution in [2.24, 2.45) is 0 Å². The van der Waals surface area contributed by atoms with Crippen LogP contribution in [0.15, 0.2) is 48.5 Å². The van der Waals surface area contributed by atoms with Crippen LogP contribution in [0.25, 0.3) is 0 Å². The third kappa shape index (κ3) is 5.87. The molecule has 2 aromatic rings. The quantitative estimate of drug-likeness (QED) is 0.751. The number of hydrogen-bond donors (Lipinski definition) is 1. The number of hydrogen-bond acceptors (Lipinski definition) is 3. The van der Waals surface area contributed by atoms with E-state index in [-0.39, 0.29) is 5.91 Å². The number of carbonyl (C=O) groups excluding carboxylic acids is 1.